The number of hydrogen-bond donors (Lipinski definition) is 1. The summed E-state index contributed by atoms with van der Waals surface area (Å²) >= 11 is 0. The van der Waals surface area contributed by atoms with Crippen molar-refractivity contribution >= 4 is 16.7 Å². The number of benzene rings is 2. The van der Waals surface area contributed by atoms with Gasteiger partial charge in [0.2, 0.25) is 5.91 Å². The Morgan fingerprint density at radius 1 is 1.03 bits per heavy atom. The highest BCUT2D eigenvalue weighted by atomic mass is 16.2. The van der Waals surface area contributed by atoms with Gasteiger partial charge in [-0.05, 0) is 11.6 Å². The number of hydrogen-bond acceptors (Lipinski definition) is 4. The normalized spacial score (nSPS) is 10.9. The third kappa shape index (κ3) is 4.40. The van der Waals surface area contributed by atoms with Crippen LogP contribution in [0.4, 0.5) is 0 Å². The fourth-order valence-corrected chi connectivity index (χ4v) is 3.24. The van der Waals surface area contributed by atoms with Crippen molar-refractivity contribution in [3.63, 3.8) is 0 Å². The molecular weight excluding hydrogens is 366 g/mol. The van der Waals surface area contributed by atoms with E-state index in [-0.39, 0.29) is 18.0 Å². The van der Waals surface area contributed by atoms with Crippen LogP contribution in [-0.2, 0) is 24.3 Å². The molecule has 1 amide bonds. The van der Waals surface area contributed by atoms with Gasteiger partial charge in [0.15, 0.2) is 0 Å². The summed E-state index contributed by atoms with van der Waals surface area (Å²) in [5.41, 5.74) is 0.925. The molecule has 4 aromatic rings. The van der Waals surface area contributed by atoms with Gasteiger partial charge in [-0.1, -0.05) is 48.5 Å². The molecular formula is C22H21N5O2. The van der Waals surface area contributed by atoms with Gasteiger partial charge in [-0.3, -0.25) is 9.59 Å². The maximum atomic E-state index is 12.4. The summed E-state index contributed by atoms with van der Waals surface area (Å²) < 4.78 is 3.25. The zero-order chi connectivity index (χ0) is 20.1. The summed E-state index contributed by atoms with van der Waals surface area (Å²) in [4.78, 5) is 29.1. The Kier molecular flexibility index (Phi) is 5.47. The summed E-state index contributed by atoms with van der Waals surface area (Å²) in [5, 5.41) is 8.25. The van der Waals surface area contributed by atoms with E-state index in [4.69, 9.17) is 0 Å². The third-order valence-electron chi connectivity index (χ3n) is 4.72. The predicted molar refractivity (Wildman–Crippen MR) is 110 cm³/mol. The van der Waals surface area contributed by atoms with E-state index in [1.807, 2.05) is 36.5 Å². The number of nitrogens with zero attached hydrogens (tertiary/aromatic N) is 4. The van der Waals surface area contributed by atoms with Crippen molar-refractivity contribution < 1.29 is 4.79 Å². The minimum absolute atomic E-state index is 0.109. The monoisotopic (exact) mass is 387 g/mol. The van der Waals surface area contributed by atoms with Crippen LogP contribution < -0.4 is 10.9 Å². The molecule has 0 fully saturated rings. The van der Waals surface area contributed by atoms with E-state index in [0.29, 0.717) is 18.4 Å². The zero-order valence-electron chi connectivity index (χ0n) is 15.9. The van der Waals surface area contributed by atoms with Crippen molar-refractivity contribution in [3.8, 4) is 0 Å². The molecule has 2 heterocycles. The van der Waals surface area contributed by atoms with Crippen LogP contribution in [0.3, 0.4) is 0 Å². The largest absolute Gasteiger partial charge is 0.354 e. The first-order valence-electron chi connectivity index (χ1n) is 9.46. The SMILES string of the molecule is O=C(Cn1ncc2ccccc2c1=O)NCCc1nccn1Cc1ccccc1. The molecule has 0 aliphatic rings. The first-order chi connectivity index (χ1) is 14.2. The second-order valence-corrected chi connectivity index (χ2v) is 6.75. The molecule has 0 radical (unpaired) electrons. The molecule has 7 nitrogen and oxygen atoms in total. The molecule has 0 aliphatic carbocycles. The van der Waals surface area contributed by atoms with Crippen LogP contribution in [-0.4, -0.2) is 31.8 Å². The lowest BCUT2D eigenvalue weighted by Crippen LogP contribution is -2.34. The molecule has 0 atom stereocenters. The molecule has 0 unspecified atom stereocenters. The first kappa shape index (κ1) is 18.6. The Bertz CT molecular complexity index is 1180. The van der Waals surface area contributed by atoms with E-state index >= 15 is 0 Å². The standard InChI is InChI=1S/C22H21N5O2/c28-21(16-27-22(29)19-9-5-4-8-18(19)14-25-27)24-11-10-20-23-12-13-26(20)15-17-6-2-1-3-7-17/h1-9,12-14H,10-11,15-16H2,(H,24,28). The quantitative estimate of drug-likeness (QED) is 0.526. The second-order valence-electron chi connectivity index (χ2n) is 6.75. The molecule has 0 aliphatic heterocycles. The molecule has 1 N–H and O–H groups in total. The number of nitrogens with one attached hydrogen (secondary N) is 1. The topological polar surface area (TPSA) is 81.8 Å². The fraction of sp³-hybridized carbons (Fsp3) is 0.182. The number of aromatic nitrogens is 4. The summed E-state index contributed by atoms with van der Waals surface area (Å²) in [6, 6.07) is 17.4. The number of rotatable bonds is 7. The van der Waals surface area contributed by atoms with Crippen LogP contribution in [0.15, 0.2) is 78.0 Å². The Labute approximate surface area is 167 Å². The van der Waals surface area contributed by atoms with Gasteiger partial charge < -0.3 is 9.88 Å². The average molecular weight is 387 g/mol. The van der Waals surface area contributed by atoms with Gasteiger partial charge in [0, 0.05) is 37.3 Å². The molecule has 0 bridgehead atoms. The lowest BCUT2D eigenvalue weighted by Gasteiger charge is -2.10. The van der Waals surface area contributed by atoms with Gasteiger partial charge in [0.25, 0.3) is 5.56 Å². The third-order valence-corrected chi connectivity index (χ3v) is 4.72. The Morgan fingerprint density at radius 3 is 2.69 bits per heavy atom. The Morgan fingerprint density at radius 2 is 1.83 bits per heavy atom. The van der Waals surface area contributed by atoms with Gasteiger partial charge in [-0.2, -0.15) is 5.10 Å². The van der Waals surface area contributed by atoms with Crippen molar-refractivity contribution in [2.75, 3.05) is 6.54 Å². The van der Waals surface area contributed by atoms with Crippen LogP contribution in [0, 0.1) is 0 Å². The molecule has 0 saturated carbocycles. The molecule has 4 rings (SSSR count). The lowest BCUT2D eigenvalue weighted by atomic mass is 10.2. The lowest BCUT2D eigenvalue weighted by molar-refractivity contribution is -0.121. The van der Waals surface area contributed by atoms with Crippen molar-refractivity contribution in [1.82, 2.24) is 24.6 Å². The second kappa shape index (κ2) is 8.52. The molecule has 29 heavy (non-hydrogen) atoms. The number of fused-ring (bicyclic) bond motifs is 1. The van der Waals surface area contributed by atoms with Gasteiger partial charge in [-0.15, -0.1) is 0 Å². The van der Waals surface area contributed by atoms with E-state index < -0.39 is 0 Å². The molecule has 0 saturated heterocycles. The van der Waals surface area contributed by atoms with Crippen LogP contribution in [0.25, 0.3) is 10.8 Å². The van der Waals surface area contributed by atoms with Gasteiger partial charge in [-0.25, -0.2) is 9.67 Å². The van der Waals surface area contributed by atoms with Crippen LogP contribution in [0.2, 0.25) is 0 Å². The van der Waals surface area contributed by atoms with E-state index in [2.05, 4.69) is 32.1 Å². The van der Waals surface area contributed by atoms with Crippen LogP contribution in [0.5, 0.6) is 0 Å². The Hall–Kier alpha value is -3.74. The van der Waals surface area contributed by atoms with E-state index in [1.165, 1.54) is 10.2 Å². The average Bonchev–Trinajstić information content (AvgIpc) is 3.18. The maximum absolute atomic E-state index is 12.4. The number of imidazole rings is 1. The summed E-state index contributed by atoms with van der Waals surface area (Å²) in [7, 11) is 0. The highest BCUT2D eigenvalue weighted by Gasteiger charge is 2.09. The van der Waals surface area contributed by atoms with Gasteiger partial charge >= 0.3 is 0 Å². The minimum Gasteiger partial charge on any atom is -0.354 e. The summed E-state index contributed by atoms with van der Waals surface area (Å²) in [5.74, 6) is 0.645. The van der Waals surface area contributed by atoms with Crippen LogP contribution in [0.1, 0.15) is 11.4 Å². The molecule has 2 aromatic carbocycles. The number of amides is 1. The zero-order valence-corrected chi connectivity index (χ0v) is 15.9. The van der Waals surface area contributed by atoms with Crippen molar-refractivity contribution in [3.05, 3.63) is 94.9 Å². The van der Waals surface area contributed by atoms with E-state index in [0.717, 1.165) is 17.8 Å². The minimum atomic E-state index is -0.267. The molecule has 7 heteroatoms. The van der Waals surface area contributed by atoms with E-state index in [9.17, 15) is 9.59 Å². The molecule has 0 spiro atoms. The fourth-order valence-electron chi connectivity index (χ4n) is 3.24. The van der Waals surface area contributed by atoms with E-state index in [1.54, 1.807) is 24.5 Å². The Balaban J connectivity index is 1.34. The highest BCUT2D eigenvalue weighted by molar-refractivity contribution is 5.81. The number of carbonyl (C=O) groups is 1. The predicted octanol–water partition coefficient (Wildman–Crippen LogP) is 2.00. The maximum Gasteiger partial charge on any atom is 0.275 e. The van der Waals surface area contributed by atoms with Crippen molar-refractivity contribution in [1.29, 1.82) is 0 Å². The van der Waals surface area contributed by atoms with Crippen molar-refractivity contribution in [2.45, 2.75) is 19.5 Å². The molecule has 2 aromatic heterocycles. The van der Waals surface area contributed by atoms with Gasteiger partial charge in [0.1, 0.15) is 12.4 Å². The van der Waals surface area contributed by atoms with Gasteiger partial charge in [0.05, 0.1) is 11.6 Å². The van der Waals surface area contributed by atoms with Crippen molar-refractivity contribution in [2.24, 2.45) is 0 Å². The highest BCUT2D eigenvalue weighted by Crippen LogP contribution is 2.07. The smallest absolute Gasteiger partial charge is 0.275 e. The summed E-state index contributed by atoms with van der Waals surface area (Å²) in [6.07, 6.45) is 5.90. The summed E-state index contributed by atoms with van der Waals surface area (Å²) in [6.45, 7) is 1.07. The number of carbonyl (C=O) groups excluding carboxylic acids is 1. The molecule has 146 valence electrons. The first-order valence-corrected chi connectivity index (χ1v) is 9.46. The van der Waals surface area contributed by atoms with Crippen LogP contribution >= 0.6 is 0 Å².